The minimum Gasteiger partial charge on any atom is -0.455 e. The molecule has 7 heteroatoms. The maximum Gasteiger partial charge on any atom is 0.258 e. The van der Waals surface area contributed by atoms with Crippen LogP contribution in [0.3, 0.4) is 0 Å². The first-order chi connectivity index (χ1) is 16.8. The second-order valence-electron chi connectivity index (χ2n) is 8.26. The molecule has 1 aromatic heterocycles. The molecule has 0 bridgehead atoms. The summed E-state index contributed by atoms with van der Waals surface area (Å²) in [5, 5.41) is 3.64. The van der Waals surface area contributed by atoms with Gasteiger partial charge >= 0.3 is 0 Å². The van der Waals surface area contributed by atoms with E-state index in [1.807, 2.05) is 43.3 Å². The molecule has 1 N–H and O–H groups in total. The molecule has 35 heavy (non-hydrogen) atoms. The molecule has 3 aromatic carbocycles. The summed E-state index contributed by atoms with van der Waals surface area (Å²) < 4.78 is 6.17. The van der Waals surface area contributed by atoms with Crippen LogP contribution in [-0.4, -0.2) is 29.8 Å². The summed E-state index contributed by atoms with van der Waals surface area (Å²) in [7, 11) is 0. The summed E-state index contributed by atoms with van der Waals surface area (Å²) in [6.45, 7) is 5.48. The molecular formula is C28H25ClN2O4. The molecule has 0 aliphatic carbocycles. The van der Waals surface area contributed by atoms with Gasteiger partial charge in [0.2, 0.25) is 5.91 Å². The van der Waals surface area contributed by atoms with Gasteiger partial charge in [0.25, 0.3) is 5.91 Å². The molecule has 0 unspecified atom stereocenters. The standard InChI is InChI=1S/C28H25ClN2O4/c1-4-31(16-24(32)30-23-15-20(29)14-13-17(23)2)28(34)22-12-8-11-21-25(33)18(3)26(35-27(21)22)19-9-6-5-7-10-19/h5-15H,4,16H2,1-3H3,(H,30,32). The van der Waals surface area contributed by atoms with Crippen LogP contribution in [0.15, 0.2) is 75.9 Å². The highest BCUT2D eigenvalue weighted by atomic mass is 35.5. The van der Waals surface area contributed by atoms with Crippen LogP contribution in [0.5, 0.6) is 0 Å². The minimum atomic E-state index is -0.401. The number of nitrogens with one attached hydrogen (secondary N) is 1. The van der Waals surface area contributed by atoms with Crippen molar-refractivity contribution in [3.8, 4) is 11.3 Å². The third-order valence-electron chi connectivity index (χ3n) is 5.89. The lowest BCUT2D eigenvalue weighted by Crippen LogP contribution is -2.38. The second-order valence-corrected chi connectivity index (χ2v) is 8.70. The quantitative estimate of drug-likeness (QED) is 0.370. The van der Waals surface area contributed by atoms with Crippen molar-refractivity contribution >= 4 is 40.1 Å². The van der Waals surface area contributed by atoms with Crippen molar-refractivity contribution in [1.29, 1.82) is 0 Å². The topological polar surface area (TPSA) is 79.6 Å². The van der Waals surface area contributed by atoms with Crippen LogP contribution in [0.25, 0.3) is 22.3 Å². The Hall–Kier alpha value is -3.90. The molecular weight excluding hydrogens is 464 g/mol. The molecule has 0 spiro atoms. The molecule has 4 aromatic rings. The Morgan fingerprint density at radius 2 is 1.74 bits per heavy atom. The highest BCUT2D eigenvalue weighted by molar-refractivity contribution is 6.31. The second kappa shape index (κ2) is 10.2. The molecule has 1 heterocycles. The van der Waals surface area contributed by atoms with Crippen molar-refractivity contribution in [1.82, 2.24) is 4.90 Å². The van der Waals surface area contributed by atoms with E-state index < -0.39 is 5.91 Å². The summed E-state index contributed by atoms with van der Waals surface area (Å²) >= 11 is 6.05. The minimum absolute atomic E-state index is 0.167. The predicted molar refractivity (Wildman–Crippen MR) is 139 cm³/mol. The zero-order chi connectivity index (χ0) is 25.1. The van der Waals surface area contributed by atoms with E-state index in [0.717, 1.165) is 11.1 Å². The molecule has 2 amide bonds. The predicted octanol–water partition coefficient (Wildman–Crippen LogP) is 5.83. The van der Waals surface area contributed by atoms with Crippen LogP contribution in [0.4, 0.5) is 5.69 Å². The highest BCUT2D eigenvalue weighted by Gasteiger charge is 2.23. The fraction of sp³-hybridized carbons (Fsp3) is 0.179. The molecule has 0 atom stereocenters. The number of hydrogen-bond donors (Lipinski definition) is 1. The van der Waals surface area contributed by atoms with Crippen molar-refractivity contribution in [2.45, 2.75) is 20.8 Å². The van der Waals surface area contributed by atoms with Gasteiger partial charge in [-0.2, -0.15) is 0 Å². The average molecular weight is 489 g/mol. The van der Waals surface area contributed by atoms with E-state index in [0.29, 0.717) is 34.0 Å². The van der Waals surface area contributed by atoms with Crippen molar-refractivity contribution in [3.63, 3.8) is 0 Å². The van der Waals surface area contributed by atoms with Crippen LogP contribution < -0.4 is 10.7 Å². The molecule has 0 saturated carbocycles. The number of benzene rings is 3. The van der Waals surface area contributed by atoms with E-state index in [1.54, 1.807) is 44.2 Å². The van der Waals surface area contributed by atoms with Gasteiger partial charge in [0.05, 0.1) is 10.9 Å². The number of anilines is 1. The summed E-state index contributed by atoms with van der Waals surface area (Å²) in [5.41, 5.74) is 2.90. The van der Waals surface area contributed by atoms with Crippen LogP contribution in [0.1, 0.15) is 28.4 Å². The van der Waals surface area contributed by atoms with Crippen molar-refractivity contribution < 1.29 is 14.0 Å². The number of carbonyl (C=O) groups is 2. The average Bonchev–Trinajstić information content (AvgIpc) is 2.86. The zero-order valence-electron chi connectivity index (χ0n) is 19.7. The highest BCUT2D eigenvalue weighted by Crippen LogP contribution is 2.28. The zero-order valence-corrected chi connectivity index (χ0v) is 20.5. The van der Waals surface area contributed by atoms with Gasteiger partial charge in [-0.1, -0.05) is 54.1 Å². The molecule has 178 valence electrons. The normalized spacial score (nSPS) is 10.9. The summed E-state index contributed by atoms with van der Waals surface area (Å²) in [6.07, 6.45) is 0. The molecule has 0 fully saturated rings. The number of hydrogen-bond acceptors (Lipinski definition) is 4. The van der Waals surface area contributed by atoms with Gasteiger partial charge in [-0.05, 0) is 50.6 Å². The van der Waals surface area contributed by atoms with Gasteiger partial charge in [0.1, 0.15) is 12.3 Å². The number of likely N-dealkylation sites (N-methyl/N-ethyl adjacent to an activating group) is 1. The van der Waals surface area contributed by atoms with Gasteiger partial charge in [0.15, 0.2) is 11.0 Å². The maximum absolute atomic E-state index is 13.5. The van der Waals surface area contributed by atoms with Crippen molar-refractivity contribution in [2.24, 2.45) is 0 Å². The lowest BCUT2D eigenvalue weighted by atomic mass is 10.0. The maximum atomic E-state index is 13.5. The number of fused-ring (bicyclic) bond motifs is 1. The van der Waals surface area contributed by atoms with E-state index in [1.165, 1.54) is 4.90 Å². The fourth-order valence-corrected chi connectivity index (χ4v) is 4.10. The summed E-state index contributed by atoms with van der Waals surface area (Å²) in [4.78, 5) is 40.8. The monoisotopic (exact) mass is 488 g/mol. The SMILES string of the molecule is CCN(CC(=O)Nc1cc(Cl)ccc1C)C(=O)c1cccc2c(=O)c(C)c(-c3ccccc3)oc12. The molecule has 6 nitrogen and oxygen atoms in total. The van der Waals surface area contributed by atoms with Gasteiger partial charge in [-0.15, -0.1) is 0 Å². The Balaban J connectivity index is 1.69. The molecule has 0 aliphatic rings. The van der Waals surface area contributed by atoms with Crippen molar-refractivity contribution in [2.75, 3.05) is 18.4 Å². The Bertz CT molecular complexity index is 1480. The number of rotatable bonds is 6. The van der Waals surface area contributed by atoms with E-state index >= 15 is 0 Å². The van der Waals surface area contributed by atoms with Crippen LogP contribution >= 0.6 is 11.6 Å². The van der Waals surface area contributed by atoms with E-state index in [-0.39, 0.29) is 29.0 Å². The van der Waals surface area contributed by atoms with Crippen LogP contribution in [-0.2, 0) is 4.79 Å². The lowest BCUT2D eigenvalue weighted by Gasteiger charge is -2.21. The Morgan fingerprint density at radius 1 is 1.00 bits per heavy atom. The van der Waals surface area contributed by atoms with Gasteiger partial charge in [-0.3, -0.25) is 14.4 Å². The number of para-hydroxylation sites is 1. The van der Waals surface area contributed by atoms with Gasteiger partial charge in [0, 0.05) is 28.4 Å². The first-order valence-corrected chi connectivity index (χ1v) is 11.6. The molecule has 4 rings (SSSR count). The number of halogens is 1. The number of aryl methyl sites for hydroxylation is 1. The van der Waals surface area contributed by atoms with E-state index in [4.69, 9.17) is 16.0 Å². The number of amides is 2. The van der Waals surface area contributed by atoms with Crippen LogP contribution in [0.2, 0.25) is 5.02 Å². The summed E-state index contributed by atoms with van der Waals surface area (Å²) in [6, 6.07) is 19.4. The molecule has 0 aliphatic heterocycles. The molecule has 0 saturated heterocycles. The summed E-state index contributed by atoms with van der Waals surface area (Å²) in [5.74, 6) is -0.337. The van der Waals surface area contributed by atoms with E-state index in [9.17, 15) is 14.4 Å². The lowest BCUT2D eigenvalue weighted by molar-refractivity contribution is -0.116. The Labute approximate surface area is 208 Å². The van der Waals surface area contributed by atoms with E-state index in [2.05, 4.69) is 5.32 Å². The van der Waals surface area contributed by atoms with Crippen LogP contribution in [0, 0.1) is 13.8 Å². The number of nitrogens with zero attached hydrogens (tertiary/aromatic N) is 1. The van der Waals surface area contributed by atoms with Gasteiger partial charge < -0.3 is 14.6 Å². The number of carbonyl (C=O) groups excluding carboxylic acids is 2. The molecule has 0 radical (unpaired) electrons. The first-order valence-electron chi connectivity index (χ1n) is 11.3. The first kappa shape index (κ1) is 24.2. The van der Waals surface area contributed by atoms with Crippen molar-refractivity contribution in [3.05, 3.63) is 98.7 Å². The smallest absolute Gasteiger partial charge is 0.258 e. The third-order valence-corrected chi connectivity index (χ3v) is 6.12. The third kappa shape index (κ3) is 4.98. The Morgan fingerprint density at radius 3 is 2.46 bits per heavy atom. The van der Waals surface area contributed by atoms with Gasteiger partial charge in [-0.25, -0.2) is 0 Å². The largest absolute Gasteiger partial charge is 0.455 e. The fourth-order valence-electron chi connectivity index (χ4n) is 3.93. The Kier molecular flexibility index (Phi) is 7.03.